The van der Waals surface area contributed by atoms with Crippen molar-refractivity contribution >= 4 is 35.1 Å². The van der Waals surface area contributed by atoms with Crippen molar-refractivity contribution in [3.8, 4) is 11.1 Å². The minimum atomic E-state index is -0.439. The van der Waals surface area contributed by atoms with Gasteiger partial charge in [-0.3, -0.25) is 9.69 Å². The van der Waals surface area contributed by atoms with Crippen LogP contribution in [-0.4, -0.2) is 41.3 Å². The lowest BCUT2D eigenvalue weighted by atomic mass is 9.98. The van der Waals surface area contributed by atoms with Gasteiger partial charge in [0.1, 0.15) is 10.3 Å². The lowest BCUT2D eigenvalue weighted by molar-refractivity contribution is -0.121. The Morgan fingerprint density at radius 2 is 2.00 bits per heavy atom. The Morgan fingerprint density at radius 3 is 2.80 bits per heavy atom. The van der Waals surface area contributed by atoms with Gasteiger partial charge in [-0.15, -0.1) is 0 Å². The fourth-order valence-corrected chi connectivity index (χ4v) is 6.35. The number of benzene rings is 2. The number of nitrogens with one attached hydrogen (secondary N) is 3. The number of hydrogen-bond donors (Lipinski definition) is 3. The van der Waals surface area contributed by atoms with Crippen LogP contribution in [0.1, 0.15) is 30.0 Å². The number of amides is 3. The molecule has 2 unspecified atom stereocenters. The highest BCUT2D eigenvalue weighted by Crippen LogP contribution is 2.50. The molecule has 6 rings (SSSR count). The van der Waals surface area contributed by atoms with Crippen LogP contribution >= 0.6 is 11.8 Å². The van der Waals surface area contributed by atoms with E-state index >= 15 is 0 Å². The van der Waals surface area contributed by atoms with E-state index in [0.29, 0.717) is 0 Å². The third-order valence-electron chi connectivity index (χ3n) is 6.90. The molecule has 0 saturated carbocycles. The number of rotatable bonds is 4. The second kappa shape index (κ2) is 9.02. The molecule has 3 atom stereocenters. The molecule has 0 bridgehead atoms. The summed E-state index contributed by atoms with van der Waals surface area (Å²) in [4.78, 5) is 32.9. The van der Waals surface area contributed by atoms with E-state index in [-0.39, 0.29) is 18.0 Å². The summed E-state index contributed by atoms with van der Waals surface area (Å²) in [6, 6.07) is 17.7. The van der Waals surface area contributed by atoms with Crippen molar-refractivity contribution in [3.05, 3.63) is 71.9 Å². The highest BCUT2D eigenvalue weighted by molar-refractivity contribution is 8.01. The zero-order valence-electron chi connectivity index (χ0n) is 19.5. The highest BCUT2D eigenvalue weighted by Gasteiger charge is 2.46. The molecule has 0 aliphatic carbocycles. The van der Waals surface area contributed by atoms with E-state index in [9.17, 15) is 9.59 Å². The molecule has 4 heterocycles. The Bertz CT molecular complexity index is 1290. The van der Waals surface area contributed by atoms with E-state index < -0.39 is 11.3 Å². The molecule has 7 nitrogen and oxygen atoms in total. The van der Waals surface area contributed by atoms with Gasteiger partial charge in [0.2, 0.25) is 5.91 Å². The summed E-state index contributed by atoms with van der Waals surface area (Å²) in [6.45, 7) is 3.83. The maximum absolute atomic E-state index is 13.4. The fourth-order valence-electron chi connectivity index (χ4n) is 5.11. The Balaban J connectivity index is 1.31. The van der Waals surface area contributed by atoms with Crippen LogP contribution in [0.5, 0.6) is 0 Å². The van der Waals surface area contributed by atoms with Crippen molar-refractivity contribution in [3.63, 3.8) is 0 Å². The quantitative estimate of drug-likeness (QED) is 0.513. The third-order valence-corrected chi connectivity index (χ3v) is 8.19. The molecule has 178 valence electrons. The van der Waals surface area contributed by atoms with Gasteiger partial charge in [0.15, 0.2) is 0 Å². The number of carbonyl (C=O) groups is 2. The molecule has 0 spiro atoms. The predicted octanol–water partition coefficient (Wildman–Crippen LogP) is 4.30. The van der Waals surface area contributed by atoms with Crippen LogP contribution in [0.25, 0.3) is 11.1 Å². The van der Waals surface area contributed by atoms with Crippen molar-refractivity contribution in [2.75, 3.05) is 18.0 Å². The van der Waals surface area contributed by atoms with Gasteiger partial charge in [0, 0.05) is 24.3 Å². The van der Waals surface area contributed by atoms with Gasteiger partial charge in [0.25, 0.3) is 0 Å². The SMILES string of the molecule is Cc1ccc(-c2cccc(N3C(=O)NC4c5c3ccnc5S[C@H]4C(=O)NC3CCCNC3)c2)cc1. The maximum Gasteiger partial charge on any atom is 0.327 e. The number of nitrogens with zero attached hydrogens (tertiary/aromatic N) is 2. The summed E-state index contributed by atoms with van der Waals surface area (Å²) in [6.07, 6.45) is 3.74. The summed E-state index contributed by atoms with van der Waals surface area (Å²) in [7, 11) is 0. The summed E-state index contributed by atoms with van der Waals surface area (Å²) in [5.41, 5.74) is 5.81. The minimum absolute atomic E-state index is 0.0484. The van der Waals surface area contributed by atoms with Gasteiger partial charge >= 0.3 is 6.03 Å². The Kier molecular flexibility index (Phi) is 5.70. The molecule has 3 N–H and O–H groups in total. The second-order valence-corrected chi connectivity index (χ2v) is 10.4. The first-order valence-electron chi connectivity index (χ1n) is 12.0. The van der Waals surface area contributed by atoms with Crippen molar-refractivity contribution in [2.45, 2.75) is 42.1 Å². The average molecular weight is 486 g/mol. The van der Waals surface area contributed by atoms with Crippen LogP contribution in [-0.2, 0) is 4.79 Å². The molecule has 3 aliphatic heterocycles. The lowest BCUT2D eigenvalue weighted by Gasteiger charge is -2.34. The van der Waals surface area contributed by atoms with Gasteiger partial charge in [-0.1, -0.05) is 53.7 Å². The highest BCUT2D eigenvalue weighted by atomic mass is 32.2. The van der Waals surface area contributed by atoms with Gasteiger partial charge in [0.05, 0.1) is 17.4 Å². The molecule has 35 heavy (non-hydrogen) atoms. The summed E-state index contributed by atoms with van der Waals surface area (Å²) >= 11 is 1.44. The minimum Gasteiger partial charge on any atom is -0.351 e. The fraction of sp³-hybridized carbons (Fsp3) is 0.296. The topological polar surface area (TPSA) is 86.4 Å². The van der Waals surface area contributed by atoms with Crippen LogP contribution in [0.2, 0.25) is 0 Å². The zero-order chi connectivity index (χ0) is 23.9. The zero-order valence-corrected chi connectivity index (χ0v) is 20.3. The van der Waals surface area contributed by atoms with E-state index in [4.69, 9.17) is 0 Å². The summed E-state index contributed by atoms with van der Waals surface area (Å²) in [5, 5.41) is 9.98. The Labute approximate surface area is 208 Å². The smallest absolute Gasteiger partial charge is 0.327 e. The molecule has 1 aromatic heterocycles. The number of thioether (sulfide) groups is 1. The van der Waals surface area contributed by atoms with Crippen molar-refractivity contribution in [2.24, 2.45) is 0 Å². The monoisotopic (exact) mass is 485 g/mol. The molecule has 3 aromatic rings. The van der Waals surface area contributed by atoms with Crippen LogP contribution in [0.15, 0.2) is 65.8 Å². The van der Waals surface area contributed by atoms with Crippen LogP contribution < -0.4 is 20.9 Å². The predicted molar refractivity (Wildman–Crippen MR) is 138 cm³/mol. The molecule has 2 aromatic carbocycles. The van der Waals surface area contributed by atoms with E-state index in [0.717, 1.165) is 59.0 Å². The standard InChI is InChI=1S/C27H27N5O2S/c1-16-7-9-17(10-8-16)18-4-2-6-20(14-18)32-21-11-13-29-26-22(21)23(31-27(32)34)24(35-26)25(33)30-19-5-3-12-28-15-19/h2,4,6-11,13-14,19,23-24,28H,3,5,12,15H2,1H3,(H,30,33)(H,31,34)/t19?,23?,24-/m1/s1. The Hall–Kier alpha value is -3.36. The molecule has 3 aliphatic rings. The van der Waals surface area contributed by atoms with E-state index in [1.807, 2.05) is 30.3 Å². The molecule has 0 radical (unpaired) electrons. The third kappa shape index (κ3) is 4.06. The number of anilines is 2. The largest absolute Gasteiger partial charge is 0.351 e. The molecule has 1 fully saturated rings. The number of urea groups is 1. The first kappa shape index (κ1) is 22.1. The van der Waals surface area contributed by atoms with Crippen LogP contribution in [0.4, 0.5) is 16.2 Å². The van der Waals surface area contributed by atoms with Gasteiger partial charge in [-0.05, 0) is 55.6 Å². The first-order valence-corrected chi connectivity index (χ1v) is 12.9. The number of hydrogen-bond acceptors (Lipinski definition) is 5. The molecular weight excluding hydrogens is 458 g/mol. The normalized spacial score (nSPS) is 22.9. The number of carbonyl (C=O) groups excluding carboxylic acids is 2. The first-order chi connectivity index (χ1) is 17.1. The number of piperidine rings is 1. The summed E-state index contributed by atoms with van der Waals surface area (Å²) < 4.78 is 0. The second-order valence-electron chi connectivity index (χ2n) is 9.32. The molecular formula is C27H27N5O2S. The molecule has 1 saturated heterocycles. The van der Waals surface area contributed by atoms with E-state index in [1.54, 1.807) is 11.1 Å². The van der Waals surface area contributed by atoms with Crippen LogP contribution in [0, 0.1) is 6.92 Å². The Morgan fingerprint density at radius 1 is 1.14 bits per heavy atom. The number of aromatic nitrogens is 1. The molecule has 3 amide bonds. The summed E-state index contributed by atoms with van der Waals surface area (Å²) in [5.74, 6) is -0.0484. The van der Waals surface area contributed by atoms with Crippen molar-refractivity contribution < 1.29 is 9.59 Å². The number of pyridine rings is 1. The maximum atomic E-state index is 13.4. The molecule has 8 heteroatoms. The lowest BCUT2D eigenvalue weighted by Crippen LogP contribution is -2.52. The van der Waals surface area contributed by atoms with Gasteiger partial charge in [-0.25, -0.2) is 9.78 Å². The van der Waals surface area contributed by atoms with E-state index in [2.05, 4.69) is 52.1 Å². The van der Waals surface area contributed by atoms with Gasteiger partial charge in [-0.2, -0.15) is 0 Å². The van der Waals surface area contributed by atoms with Crippen molar-refractivity contribution in [1.82, 2.24) is 20.9 Å². The van der Waals surface area contributed by atoms with Crippen molar-refractivity contribution in [1.29, 1.82) is 0 Å². The van der Waals surface area contributed by atoms with Crippen LogP contribution in [0.3, 0.4) is 0 Å². The van der Waals surface area contributed by atoms with E-state index in [1.165, 1.54) is 17.3 Å². The van der Waals surface area contributed by atoms with Gasteiger partial charge < -0.3 is 16.0 Å². The number of aryl methyl sites for hydroxylation is 1. The average Bonchev–Trinajstić information content (AvgIpc) is 3.25.